The topological polar surface area (TPSA) is 32.7 Å². The number of ether oxygens (including phenoxy) is 1. The van der Waals surface area contributed by atoms with E-state index in [0.29, 0.717) is 6.04 Å². The maximum atomic E-state index is 8.92. The summed E-state index contributed by atoms with van der Waals surface area (Å²) >= 11 is 0. The van der Waals surface area contributed by atoms with Gasteiger partial charge < -0.3 is 9.84 Å². The fourth-order valence-corrected chi connectivity index (χ4v) is 1.63. The van der Waals surface area contributed by atoms with Crippen molar-refractivity contribution in [3.05, 3.63) is 11.6 Å². The van der Waals surface area contributed by atoms with Crippen LogP contribution in [-0.4, -0.2) is 49.0 Å². The van der Waals surface area contributed by atoms with Gasteiger partial charge in [-0.25, -0.2) is 0 Å². The highest BCUT2D eigenvalue weighted by Gasteiger charge is 2.12. The second-order valence-corrected chi connectivity index (χ2v) is 3.99. The summed E-state index contributed by atoms with van der Waals surface area (Å²) in [7, 11) is 0. The highest BCUT2D eigenvalue weighted by atomic mass is 16.5. The molecule has 1 heterocycles. The standard InChI is InChI=1S/C11H21NO2/c1-10(2)12(5-6-13)8-11-4-3-7-14-9-11/h4,10,13H,3,5-9H2,1-2H3. The van der Waals surface area contributed by atoms with Gasteiger partial charge in [0.25, 0.3) is 0 Å². The van der Waals surface area contributed by atoms with Crippen LogP contribution in [0, 0.1) is 0 Å². The minimum atomic E-state index is 0.228. The molecule has 0 saturated heterocycles. The molecule has 3 heteroatoms. The number of aliphatic hydroxyl groups is 1. The first kappa shape index (κ1) is 11.7. The van der Waals surface area contributed by atoms with E-state index in [2.05, 4.69) is 24.8 Å². The minimum absolute atomic E-state index is 0.228. The van der Waals surface area contributed by atoms with Gasteiger partial charge in [0.15, 0.2) is 0 Å². The normalized spacial score (nSPS) is 17.6. The van der Waals surface area contributed by atoms with Crippen LogP contribution in [-0.2, 0) is 4.74 Å². The Bertz CT molecular complexity index is 190. The van der Waals surface area contributed by atoms with Gasteiger partial charge in [0.1, 0.15) is 0 Å². The summed E-state index contributed by atoms with van der Waals surface area (Å²) in [5.74, 6) is 0. The number of nitrogens with zero attached hydrogens (tertiary/aromatic N) is 1. The van der Waals surface area contributed by atoms with Crippen molar-refractivity contribution >= 4 is 0 Å². The van der Waals surface area contributed by atoms with Crippen molar-refractivity contribution in [1.29, 1.82) is 0 Å². The lowest BCUT2D eigenvalue weighted by molar-refractivity contribution is 0.130. The summed E-state index contributed by atoms with van der Waals surface area (Å²) in [6.45, 7) is 7.82. The summed E-state index contributed by atoms with van der Waals surface area (Å²) in [6.07, 6.45) is 3.29. The van der Waals surface area contributed by atoms with E-state index in [4.69, 9.17) is 9.84 Å². The zero-order valence-corrected chi connectivity index (χ0v) is 9.20. The van der Waals surface area contributed by atoms with Crippen molar-refractivity contribution < 1.29 is 9.84 Å². The molecular weight excluding hydrogens is 178 g/mol. The molecule has 0 radical (unpaired) electrons. The third kappa shape index (κ3) is 3.78. The molecule has 0 aromatic rings. The number of hydrogen-bond acceptors (Lipinski definition) is 3. The van der Waals surface area contributed by atoms with E-state index in [9.17, 15) is 0 Å². The third-order valence-electron chi connectivity index (χ3n) is 2.51. The highest BCUT2D eigenvalue weighted by molar-refractivity contribution is 5.07. The molecule has 1 aliphatic rings. The van der Waals surface area contributed by atoms with Gasteiger partial charge in [-0.3, -0.25) is 4.90 Å². The van der Waals surface area contributed by atoms with E-state index in [-0.39, 0.29) is 6.61 Å². The Hall–Kier alpha value is -0.380. The van der Waals surface area contributed by atoms with Crippen LogP contribution < -0.4 is 0 Å². The van der Waals surface area contributed by atoms with Crippen LogP contribution in [0.5, 0.6) is 0 Å². The van der Waals surface area contributed by atoms with Gasteiger partial charge in [0.2, 0.25) is 0 Å². The summed E-state index contributed by atoms with van der Waals surface area (Å²) in [5, 5.41) is 8.92. The van der Waals surface area contributed by atoms with Gasteiger partial charge in [-0.1, -0.05) is 6.08 Å². The molecule has 0 aliphatic carbocycles. The van der Waals surface area contributed by atoms with Crippen molar-refractivity contribution in [3.63, 3.8) is 0 Å². The van der Waals surface area contributed by atoms with E-state index in [0.717, 1.165) is 32.7 Å². The Morgan fingerprint density at radius 1 is 1.57 bits per heavy atom. The lowest BCUT2D eigenvalue weighted by Gasteiger charge is -2.27. The van der Waals surface area contributed by atoms with Crippen molar-refractivity contribution in [1.82, 2.24) is 4.90 Å². The molecular formula is C11H21NO2. The van der Waals surface area contributed by atoms with Gasteiger partial charge in [-0.05, 0) is 25.8 Å². The van der Waals surface area contributed by atoms with Crippen molar-refractivity contribution in [2.24, 2.45) is 0 Å². The Morgan fingerprint density at radius 2 is 2.36 bits per heavy atom. The largest absolute Gasteiger partial charge is 0.395 e. The monoisotopic (exact) mass is 199 g/mol. The fraction of sp³-hybridized carbons (Fsp3) is 0.818. The van der Waals surface area contributed by atoms with E-state index in [1.54, 1.807) is 0 Å². The zero-order valence-electron chi connectivity index (χ0n) is 9.20. The molecule has 0 spiro atoms. The van der Waals surface area contributed by atoms with Gasteiger partial charge >= 0.3 is 0 Å². The summed E-state index contributed by atoms with van der Waals surface area (Å²) in [6, 6.07) is 0.477. The molecule has 1 rings (SSSR count). The Morgan fingerprint density at radius 3 is 2.86 bits per heavy atom. The Labute approximate surface area is 86.4 Å². The van der Waals surface area contributed by atoms with Crippen LogP contribution in [0.4, 0.5) is 0 Å². The Balaban J connectivity index is 2.41. The van der Waals surface area contributed by atoms with Crippen LogP contribution in [0.2, 0.25) is 0 Å². The molecule has 0 aromatic heterocycles. The van der Waals surface area contributed by atoms with Gasteiger partial charge in [0, 0.05) is 19.1 Å². The predicted molar refractivity (Wildman–Crippen MR) is 57.3 cm³/mol. The molecule has 0 aromatic carbocycles. The molecule has 14 heavy (non-hydrogen) atoms. The van der Waals surface area contributed by atoms with Crippen LogP contribution in [0.3, 0.4) is 0 Å². The SMILES string of the molecule is CC(C)N(CCO)CC1=CCCOC1. The van der Waals surface area contributed by atoms with Gasteiger partial charge in [-0.2, -0.15) is 0 Å². The average molecular weight is 199 g/mol. The number of aliphatic hydroxyl groups excluding tert-OH is 1. The van der Waals surface area contributed by atoms with Crippen LogP contribution in [0.1, 0.15) is 20.3 Å². The second kappa shape index (κ2) is 6.17. The number of hydrogen-bond donors (Lipinski definition) is 1. The quantitative estimate of drug-likeness (QED) is 0.671. The molecule has 1 aliphatic heterocycles. The number of rotatable bonds is 5. The van der Waals surface area contributed by atoms with Gasteiger partial charge in [0.05, 0.1) is 19.8 Å². The van der Waals surface area contributed by atoms with E-state index in [1.807, 2.05) is 0 Å². The van der Waals surface area contributed by atoms with E-state index in [1.165, 1.54) is 5.57 Å². The summed E-state index contributed by atoms with van der Waals surface area (Å²) in [4.78, 5) is 2.26. The minimum Gasteiger partial charge on any atom is -0.395 e. The lowest BCUT2D eigenvalue weighted by Crippen LogP contribution is -2.36. The Kier molecular flexibility index (Phi) is 5.15. The smallest absolute Gasteiger partial charge is 0.0689 e. The first-order chi connectivity index (χ1) is 6.74. The average Bonchev–Trinajstić information content (AvgIpc) is 2.18. The molecule has 0 bridgehead atoms. The van der Waals surface area contributed by atoms with Crippen molar-refractivity contribution in [2.75, 3.05) is 32.9 Å². The predicted octanol–water partition coefficient (Wildman–Crippen LogP) is 1.04. The molecule has 0 atom stereocenters. The van der Waals surface area contributed by atoms with E-state index < -0.39 is 0 Å². The van der Waals surface area contributed by atoms with Crippen LogP contribution in [0.25, 0.3) is 0 Å². The second-order valence-electron chi connectivity index (χ2n) is 3.99. The molecule has 82 valence electrons. The molecule has 0 fully saturated rings. The zero-order chi connectivity index (χ0) is 10.4. The van der Waals surface area contributed by atoms with Crippen molar-refractivity contribution in [3.8, 4) is 0 Å². The lowest BCUT2D eigenvalue weighted by atomic mass is 10.1. The highest BCUT2D eigenvalue weighted by Crippen LogP contribution is 2.09. The fourth-order valence-electron chi connectivity index (χ4n) is 1.63. The maximum absolute atomic E-state index is 8.92. The van der Waals surface area contributed by atoms with Crippen molar-refractivity contribution in [2.45, 2.75) is 26.3 Å². The van der Waals surface area contributed by atoms with E-state index >= 15 is 0 Å². The van der Waals surface area contributed by atoms with Crippen LogP contribution in [0.15, 0.2) is 11.6 Å². The summed E-state index contributed by atoms with van der Waals surface area (Å²) < 4.78 is 5.38. The summed E-state index contributed by atoms with van der Waals surface area (Å²) in [5.41, 5.74) is 1.35. The molecule has 0 unspecified atom stereocenters. The van der Waals surface area contributed by atoms with Gasteiger partial charge in [-0.15, -0.1) is 0 Å². The molecule has 3 nitrogen and oxygen atoms in total. The molecule has 0 amide bonds. The van der Waals surface area contributed by atoms with Crippen LogP contribution >= 0.6 is 0 Å². The molecule has 1 N–H and O–H groups in total. The molecule has 0 saturated carbocycles. The maximum Gasteiger partial charge on any atom is 0.0689 e. The first-order valence-corrected chi connectivity index (χ1v) is 5.34. The third-order valence-corrected chi connectivity index (χ3v) is 2.51. The first-order valence-electron chi connectivity index (χ1n) is 5.34.